The molecular formula is C20H26Cl2NOSiZr. The SMILES string of the molecule is CCCCC([NH-])=O.C[SiH]C.[Cl][Zr+2][Cl].[c-]1cccc2c1Cc1ccccc1-2. The Morgan fingerprint density at radius 3 is 2.31 bits per heavy atom. The Hall–Kier alpha value is -0.410. The molecule has 1 aliphatic rings. The summed E-state index contributed by atoms with van der Waals surface area (Å²) in [5.41, 5.74) is 12.0. The smallest absolute Gasteiger partial charge is 0.0253 e. The van der Waals surface area contributed by atoms with E-state index in [4.69, 9.17) is 22.8 Å². The first-order valence-corrected chi connectivity index (χ1v) is 17.2. The minimum atomic E-state index is -0.826. The molecule has 1 amide bonds. The summed E-state index contributed by atoms with van der Waals surface area (Å²) in [5, 5.41) is 0. The summed E-state index contributed by atoms with van der Waals surface area (Å²) in [6, 6.07) is 18.1. The quantitative estimate of drug-likeness (QED) is 0.300. The summed E-state index contributed by atoms with van der Waals surface area (Å²) in [7, 11) is 10.6. The van der Waals surface area contributed by atoms with Gasteiger partial charge in [0.2, 0.25) is 0 Å². The Kier molecular flexibility index (Phi) is 16.5. The number of hydrogen-bond acceptors (Lipinski definition) is 1. The Bertz CT molecular complexity index is 595. The molecule has 0 unspecified atom stereocenters. The Morgan fingerprint density at radius 2 is 1.77 bits per heavy atom. The molecule has 2 aromatic carbocycles. The fourth-order valence-corrected chi connectivity index (χ4v) is 2.33. The van der Waals surface area contributed by atoms with Crippen LogP contribution in [0.5, 0.6) is 0 Å². The molecule has 1 N–H and O–H groups in total. The molecule has 0 saturated heterocycles. The number of carbonyl (C=O) groups is 1. The van der Waals surface area contributed by atoms with Crippen molar-refractivity contribution in [2.45, 2.75) is 45.7 Å². The van der Waals surface area contributed by atoms with Gasteiger partial charge in [0.05, 0.1) is 0 Å². The second kappa shape index (κ2) is 16.7. The normalized spacial score (nSPS) is 9.58. The van der Waals surface area contributed by atoms with Gasteiger partial charge in [0.1, 0.15) is 0 Å². The van der Waals surface area contributed by atoms with E-state index in [-0.39, 0.29) is 0 Å². The molecule has 0 spiro atoms. The van der Waals surface area contributed by atoms with Gasteiger partial charge in [-0.05, 0) is 19.3 Å². The van der Waals surface area contributed by atoms with Gasteiger partial charge in [-0.15, -0.1) is 5.56 Å². The second-order valence-corrected chi connectivity index (χ2v) is 10.5. The summed E-state index contributed by atoms with van der Waals surface area (Å²) < 4.78 is 0. The number of hydrogen-bond donors (Lipinski definition) is 0. The summed E-state index contributed by atoms with van der Waals surface area (Å²) in [6.45, 7) is 6.42. The van der Waals surface area contributed by atoms with Crippen molar-refractivity contribution in [2.75, 3.05) is 0 Å². The minimum Gasteiger partial charge on any atom is -0.179 e. The molecule has 26 heavy (non-hydrogen) atoms. The van der Waals surface area contributed by atoms with E-state index in [2.05, 4.69) is 55.6 Å². The van der Waals surface area contributed by atoms with Crippen LogP contribution in [-0.4, -0.2) is 15.4 Å². The molecule has 1 aliphatic carbocycles. The molecule has 0 fully saturated rings. The van der Waals surface area contributed by atoms with Crippen molar-refractivity contribution in [2.24, 2.45) is 0 Å². The maximum absolute atomic E-state index is 9.87. The van der Waals surface area contributed by atoms with E-state index < -0.39 is 26.8 Å². The third-order valence-corrected chi connectivity index (χ3v) is 3.37. The van der Waals surface area contributed by atoms with E-state index in [1.165, 1.54) is 22.3 Å². The number of amides is 1. The van der Waals surface area contributed by atoms with Gasteiger partial charge in [-0.2, -0.15) is 29.8 Å². The summed E-state index contributed by atoms with van der Waals surface area (Å²) in [5.74, 6) is -0.443. The average Bonchev–Trinajstić information content (AvgIpc) is 3.00. The summed E-state index contributed by atoms with van der Waals surface area (Å²) >= 11 is -0.826. The van der Waals surface area contributed by atoms with E-state index in [0.717, 1.165) is 28.8 Å². The molecule has 0 saturated carbocycles. The molecule has 1 radical (unpaired) electrons. The second-order valence-electron chi connectivity index (χ2n) is 5.57. The molecule has 139 valence electrons. The maximum Gasteiger partial charge on any atom is -0.0253 e. The number of benzene rings is 2. The molecule has 3 rings (SSSR count). The van der Waals surface area contributed by atoms with Gasteiger partial charge in [0, 0.05) is 15.4 Å². The van der Waals surface area contributed by atoms with E-state index in [0.29, 0.717) is 6.42 Å². The Morgan fingerprint density at radius 1 is 1.19 bits per heavy atom. The van der Waals surface area contributed by atoms with E-state index in [9.17, 15) is 4.79 Å². The fourth-order valence-electron chi connectivity index (χ4n) is 2.33. The predicted molar refractivity (Wildman–Crippen MR) is 113 cm³/mol. The van der Waals surface area contributed by atoms with Crippen molar-refractivity contribution in [3.63, 3.8) is 0 Å². The molecule has 0 heterocycles. The van der Waals surface area contributed by atoms with Gasteiger partial charge in [-0.3, -0.25) is 0 Å². The molecule has 2 aromatic rings. The zero-order valence-corrected chi connectivity index (χ0v) is 20.7. The first-order valence-electron chi connectivity index (χ1n) is 8.58. The van der Waals surface area contributed by atoms with Crippen LogP contribution in [0.4, 0.5) is 0 Å². The van der Waals surface area contributed by atoms with E-state index >= 15 is 0 Å². The largest absolute Gasteiger partial charge is 0.179 e. The molecule has 0 aromatic heterocycles. The zero-order chi connectivity index (χ0) is 19.8. The first-order chi connectivity index (χ1) is 12.5. The van der Waals surface area contributed by atoms with Gasteiger partial charge in [0.15, 0.2) is 0 Å². The fraction of sp³-hybridized carbons (Fsp3) is 0.350. The molecule has 0 aliphatic heterocycles. The number of nitrogens with one attached hydrogen (secondary N) is 1. The van der Waals surface area contributed by atoms with Crippen molar-refractivity contribution in [1.29, 1.82) is 0 Å². The standard InChI is InChI=1S/C13H9.C5H11NO.C2H7Si.2ClH.Zr/c1-3-7-12-10(5-1)9-11-6-2-4-8-13(11)12;1-2-3-4-5(6)7;1-3-2;;;/h1-5,7-8H,9H2;2-4H2,1H3,(H2,6,7);3H,1-2H3;2*1H;/q-1;;;;;+4/p-3. The molecule has 2 nitrogen and oxygen atoms in total. The van der Waals surface area contributed by atoms with Gasteiger partial charge >= 0.3 is 37.9 Å². The van der Waals surface area contributed by atoms with Gasteiger partial charge in [-0.1, -0.05) is 61.8 Å². The molecule has 6 heteroatoms. The predicted octanol–water partition coefficient (Wildman–Crippen LogP) is 6.71. The third-order valence-electron chi connectivity index (χ3n) is 3.37. The zero-order valence-electron chi connectivity index (χ0n) is 15.6. The topological polar surface area (TPSA) is 40.9 Å². The number of fused-ring (bicyclic) bond motifs is 3. The van der Waals surface area contributed by atoms with Crippen LogP contribution in [0.1, 0.15) is 37.3 Å². The van der Waals surface area contributed by atoms with Crippen molar-refractivity contribution in [1.82, 2.24) is 0 Å². The van der Waals surface area contributed by atoms with Crippen LogP contribution in [0.3, 0.4) is 0 Å². The molecule has 0 bridgehead atoms. The van der Waals surface area contributed by atoms with E-state index in [1.807, 2.05) is 13.0 Å². The monoisotopic (exact) mass is 484 g/mol. The van der Waals surface area contributed by atoms with Crippen LogP contribution in [0.25, 0.3) is 16.9 Å². The Labute approximate surface area is 179 Å². The van der Waals surface area contributed by atoms with Crippen LogP contribution in [0.15, 0.2) is 42.5 Å². The number of rotatable bonds is 3. The van der Waals surface area contributed by atoms with Crippen molar-refractivity contribution < 1.29 is 25.6 Å². The third kappa shape index (κ3) is 10.7. The molecular weight excluding hydrogens is 460 g/mol. The summed E-state index contributed by atoms with van der Waals surface area (Å²) in [6.07, 6.45) is 3.34. The van der Waals surface area contributed by atoms with Crippen molar-refractivity contribution >= 4 is 32.5 Å². The van der Waals surface area contributed by atoms with Gasteiger partial charge in [0.25, 0.3) is 0 Å². The van der Waals surface area contributed by atoms with E-state index in [1.54, 1.807) is 0 Å². The van der Waals surface area contributed by atoms with Crippen LogP contribution in [-0.2, 0) is 32.1 Å². The Balaban J connectivity index is 0.000000411. The number of halogens is 2. The van der Waals surface area contributed by atoms with Crippen molar-refractivity contribution in [3.05, 3.63) is 65.4 Å². The number of unbranched alkanes of at least 4 members (excludes halogenated alkanes) is 1. The van der Waals surface area contributed by atoms with Crippen LogP contribution in [0, 0.1) is 6.07 Å². The van der Waals surface area contributed by atoms with Crippen LogP contribution in [0.2, 0.25) is 13.1 Å². The first kappa shape index (κ1) is 25.6. The minimum absolute atomic E-state index is 0.427. The van der Waals surface area contributed by atoms with Gasteiger partial charge < -0.3 is 10.5 Å². The number of carbonyl (C=O) groups excluding carboxylic acids is 1. The van der Waals surface area contributed by atoms with Crippen LogP contribution < -0.4 is 0 Å². The van der Waals surface area contributed by atoms with Gasteiger partial charge in [-0.25, -0.2) is 0 Å². The van der Waals surface area contributed by atoms with Crippen LogP contribution >= 0.6 is 17.0 Å². The molecule has 0 atom stereocenters. The average molecular weight is 487 g/mol. The summed E-state index contributed by atoms with van der Waals surface area (Å²) in [4.78, 5) is 9.87. The maximum atomic E-state index is 9.87. The van der Waals surface area contributed by atoms with Crippen molar-refractivity contribution in [3.8, 4) is 11.1 Å².